The van der Waals surface area contributed by atoms with E-state index < -0.39 is 40.3 Å². The molecule has 1 aromatic heterocycles. The van der Waals surface area contributed by atoms with Crippen LogP contribution in [0, 0.1) is 0 Å². The van der Waals surface area contributed by atoms with E-state index in [0.29, 0.717) is 0 Å². The average Bonchev–Trinajstić information content (AvgIpc) is 3.14. The third kappa shape index (κ3) is 4.59. The zero-order valence-corrected chi connectivity index (χ0v) is 19.0. The van der Waals surface area contributed by atoms with Gasteiger partial charge < -0.3 is 19.1 Å². The van der Waals surface area contributed by atoms with Crippen molar-refractivity contribution in [2.75, 3.05) is 13.2 Å². The van der Waals surface area contributed by atoms with Crippen LogP contribution in [0.25, 0.3) is 21.8 Å². The van der Waals surface area contributed by atoms with Gasteiger partial charge in [0.1, 0.15) is 5.75 Å². The van der Waals surface area contributed by atoms with E-state index in [1.165, 1.54) is 0 Å². The van der Waals surface area contributed by atoms with Gasteiger partial charge in [-0.25, -0.2) is 13.1 Å². The van der Waals surface area contributed by atoms with Crippen molar-refractivity contribution in [3.05, 3.63) is 72.8 Å². The molecule has 5 rings (SSSR count). The summed E-state index contributed by atoms with van der Waals surface area (Å²) in [4.78, 5) is -0.266. The standard InChI is InChI=1S/C24H21F3N2O5S/c25-24(26,27)34-15-9-11-16(12-10-15)35(31,32)28-19-13-33-14-22(23(19)30)29-20-7-3-1-5-17(20)18-6-2-4-8-21(18)29/h1-12,19,22-23,28,30H,13-14H2/t19?,22-,23-/m0/s1. The molecule has 3 aromatic carbocycles. The summed E-state index contributed by atoms with van der Waals surface area (Å²) in [5.41, 5.74) is 1.76. The first kappa shape index (κ1) is 23.6. The average molecular weight is 507 g/mol. The van der Waals surface area contributed by atoms with Gasteiger partial charge in [-0.15, -0.1) is 13.2 Å². The van der Waals surface area contributed by atoms with Crippen molar-refractivity contribution in [2.45, 2.75) is 29.4 Å². The number of sulfonamides is 1. The lowest BCUT2D eigenvalue weighted by molar-refractivity contribution is -0.274. The van der Waals surface area contributed by atoms with E-state index in [2.05, 4.69) is 9.46 Å². The van der Waals surface area contributed by atoms with Gasteiger partial charge in [0.2, 0.25) is 10.0 Å². The highest BCUT2D eigenvalue weighted by molar-refractivity contribution is 7.89. The molecule has 1 aliphatic heterocycles. The van der Waals surface area contributed by atoms with Crippen molar-refractivity contribution in [1.82, 2.24) is 9.29 Å². The van der Waals surface area contributed by atoms with Gasteiger partial charge in [-0.05, 0) is 36.4 Å². The monoisotopic (exact) mass is 506 g/mol. The van der Waals surface area contributed by atoms with Crippen LogP contribution in [0.4, 0.5) is 13.2 Å². The fourth-order valence-electron chi connectivity index (χ4n) is 4.51. The first-order valence-electron chi connectivity index (χ1n) is 10.8. The van der Waals surface area contributed by atoms with E-state index in [-0.39, 0.29) is 18.1 Å². The number of ether oxygens (including phenoxy) is 2. The van der Waals surface area contributed by atoms with Crippen LogP contribution in [0.15, 0.2) is 77.7 Å². The maximum atomic E-state index is 12.9. The number of para-hydroxylation sites is 2. The molecule has 2 heterocycles. The number of aromatic nitrogens is 1. The van der Waals surface area contributed by atoms with E-state index in [4.69, 9.17) is 4.74 Å². The van der Waals surface area contributed by atoms with Gasteiger partial charge in [0.15, 0.2) is 0 Å². The molecule has 35 heavy (non-hydrogen) atoms. The quantitative estimate of drug-likeness (QED) is 0.428. The SMILES string of the molecule is O=S(=O)(NC1COC[C@H](n2c3ccccc3c3ccccc32)[C@H]1O)c1ccc(OC(F)(F)F)cc1. The number of benzene rings is 3. The summed E-state index contributed by atoms with van der Waals surface area (Å²) in [7, 11) is -4.17. The van der Waals surface area contributed by atoms with Gasteiger partial charge in [0.05, 0.1) is 36.3 Å². The van der Waals surface area contributed by atoms with Crippen LogP contribution in [0.3, 0.4) is 0 Å². The minimum absolute atomic E-state index is 0.0662. The minimum atomic E-state index is -4.88. The van der Waals surface area contributed by atoms with Crippen molar-refractivity contribution >= 4 is 31.8 Å². The second-order valence-corrected chi connectivity index (χ2v) is 9.96. The van der Waals surface area contributed by atoms with Crippen LogP contribution in [-0.2, 0) is 14.8 Å². The van der Waals surface area contributed by atoms with Crippen molar-refractivity contribution in [2.24, 2.45) is 0 Å². The van der Waals surface area contributed by atoms with Crippen LogP contribution in [-0.4, -0.2) is 49.8 Å². The van der Waals surface area contributed by atoms with Gasteiger partial charge in [-0.1, -0.05) is 36.4 Å². The van der Waals surface area contributed by atoms with Crippen LogP contribution in [0.5, 0.6) is 5.75 Å². The molecule has 0 radical (unpaired) electrons. The summed E-state index contributed by atoms with van der Waals surface area (Å²) < 4.78 is 76.8. The molecule has 1 unspecified atom stereocenters. The highest BCUT2D eigenvalue weighted by atomic mass is 32.2. The third-order valence-electron chi connectivity index (χ3n) is 6.02. The van der Waals surface area contributed by atoms with Gasteiger partial charge in [0.25, 0.3) is 0 Å². The number of nitrogens with one attached hydrogen (secondary N) is 1. The van der Waals surface area contributed by atoms with E-state index in [1.807, 2.05) is 53.1 Å². The Bertz CT molecular complexity index is 1420. The van der Waals surface area contributed by atoms with Gasteiger partial charge in [-0.2, -0.15) is 0 Å². The molecule has 4 aromatic rings. The van der Waals surface area contributed by atoms with Crippen LogP contribution in [0.1, 0.15) is 6.04 Å². The lowest BCUT2D eigenvalue weighted by Crippen LogP contribution is -2.53. The molecule has 1 aliphatic rings. The molecule has 2 N–H and O–H groups in total. The molecule has 0 aliphatic carbocycles. The Morgan fingerprint density at radius 2 is 1.49 bits per heavy atom. The largest absolute Gasteiger partial charge is 0.573 e. The summed E-state index contributed by atoms with van der Waals surface area (Å²) in [5, 5.41) is 13.2. The fourth-order valence-corrected chi connectivity index (χ4v) is 5.75. The molecule has 7 nitrogen and oxygen atoms in total. The number of aliphatic hydroxyl groups excluding tert-OH is 1. The highest BCUT2D eigenvalue weighted by Crippen LogP contribution is 2.35. The lowest BCUT2D eigenvalue weighted by Gasteiger charge is -2.36. The molecular formula is C24H21F3N2O5S. The number of fused-ring (bicyclic) bond motifs is 3. The summed E-state index contributed by atoms with van der Waals surface area (Å²) in [5.74, 6) is -0.538. The van der Waals surface area contributed by atoms with Gasteiger partial charge in [0, 0.05) is 21.8 Å². The number of alkyl halides is 3. The summed E-state index contributed by atoms with van der Waals surface area (Å²) in [6.07, 6.45) is -6.02. The highest BCUT2D eigenvalue weighted by Gasteiger charge is 2.38. The number of hydrogen-bond donors (Lipinski definition) is 2. The first-order valence-corrected chi connectivity index (χ1v) is 12.2. The van der Waals surface area contributed by atoms with Crippen LogP contribution < -0.4 is 9.46 Å². The van der Waals surface area contributed by atoms with E-state index in [9.17, 15) is 26.7 Å². The van der Waals surface area contributed by atoms with Gasteiger partial charge in [-0.3, -0.25) is 0 Å². The Kier molecular flexibility index (Phi) is 5.96. The Labute approximate surface area is 198 Å². The molecule has 0 amide bonds. The minimum Gasteiger partial charge on any atom is -0.406 e. The third-order valence-corrected chi connectivity index (χ3v) is 7.52. The topological polar surface area (TPSA) is 89.8 Å². The van der Waals surface area contributed by atoms with Gasteiger partial charge >= 0.3 is 6.36 Å². The van der Waals surface area contributed by atoms with Crippen molar-refractivity contribution in [1.29, 1.82) is 0 Å². The normalized spacial score (nSPS) is 21.4. The summed E-state index contributed by atoms with van der Waals surface area (Å²) >= 11 is 0. The Morgan fingerprint density at radius 1 is 0.914 bits per heavy atom. The molecular weight excluding hydrogens is 485 g/mol. The number of rotatable bonds is 5. The predicted molar refractivity (Wildman–Crippen MR) is 123 cm³/mol. The second kappa shape index (κ2) is 8.83. The number of hydrogen-bond acceptors (Lipinski definition) is 5. The van der Waals surface area contributed by atoms with Crippen molar-refractivity contribution in [3.8, 4) is 5.75 Å². The lowest BCUT2D eigenvalue weighted by atomic mass is 10.0. The summed E-state index contributed by atoms with van der Waals surface area (Å²) in [6.45, 7) is 0.106. The smallest absolute Gasteiger partial charge is 0.406 e. The second-order valence-electron chi connectivity index (χ2n) is 8.25. The zero-order valence-electron chi connectivity index (χ0n) is 18.1. The molecule has 3 atom stereocenters. The molecule has 1 fully saturated rings. The molecule has 0 saturated carbocycles. The molecule has 0 bridgehead atoms. The Hall–Kier alpha value is -3.12. The zero-order chi connectivity index (χ0) is 24.8. The maximum Gasteiger partial charge on any atom is 0.573 e. The number of nitrogens with zero attached hydrogens (tertiary/aromatic N) is 1. The predicted octanol–water partition coefficient (Wildman–Crippen LogP) is 3.97. The maximum absolute atomic E-state index is 12.9. The fraction of sp³-hybridized carbons (Fsp3) is 0.250. The Balaban J connectivity index is 1.42. The van der Waals surface area contributed by atoms with Crippen molar-refractivity contribution < 1.29 is 36.2 Å². The van der Waals surface area contributed by atoms with E-state index in [0.717, 1.165) is 46.1 Å². The molecule has 184 valence electrons. The van der Waals surface area contributed by atoms with Crippen molar-refractivity contribution in [3.63, 3.8) is 0 Å². The first-order chi connectivity index (χ1) is 16.6. The number of aliphatic hydroxyl groups is 1. The Morgan fingerprint density at radius 3 is 2.06 bits per heavy atom. The van der Waals surface area contributed by atoms with E-state index >= 15 is 0 Å². The van der Waals surface area contributed by atoms with Crippen LogP contribution in [0.2, 0.25) is 0 Å². The molecule has 11 heteroatoms. The van der Waals surface area contributed by atoms with E-state index in [1.54, 1.807) is 0 Å². The number of halogens is 3. The molecule has 0 spiro atoms. The summed E-state index contributed by atoms with van der Waals surface area (Å²) in [6, 6.07) is 17.7. The van der Waals surface area contributed by atoms with Crippen LogP contribution >= 0.6 is 0 Å². The molecule has 1 saturated heterocycles.